The molecule has 1 amide bonds. The number of carbonyl (C=O) groups excluding carboxylic acids is 1. The Balaban J connectivity index is 1.84. The highest BCUT2D eigenvalue weighted by atomic mass is 79.9. The van der Waals surface area contributed by atoms with Gasteiger partial charge in [0.1, 0.15) is 0 Å². The summed E-state index contributed by atoms with van der Waals surface area (Å²) in [7, 11) is 0. The summed E-state index contributed by atoms with van der Waals surface area (Å²) < 4.78 is 0. The molecule has 0 bridgehead atoms. The van der Waals surface area contributed by atoms with Gasteiger partial charge < -0.3 is 4.90 Å². The first-order valence-corrected chi connectivity index (χ1v) is 6.52. The van der Waals surface area contributed by atoms with Crippen LogP contribution in [0.15, 0.2) is 17.5 Å². The molecule has 0 radical (unpaired) electrons. The molecule has 1 unspecified atom stereocenters. The third-order valence-corrected chi connectivity index (χ3v) is 4.23. The van der Waals surface area contributed by atoms with E-state index in [1.807, 2.05) is 4.90 Å². The predicted octanol–water partition coefficient (Wildman–Crippen LogP) is 2.29. The molecule has 0 aromatic carbocycles. The second-order valence-corrected chi connectivity index (χ2v) is 5.55. The van der Waals surface area contributed by atoms with Crippen molar-refractivity contribution in [2.24, 2.45) is 0 Å². The van der Waals surface area contributed by atoms with Gasteiger partial charge in [-0.3, -0.25) is 4.79 Å². The van der Waals surface area contributed by atoms with E-state index in [0.717, 1.165) is 25.9 Å². The van der Waals surface area contributed by atoms with Gasteiger partial charge in [-0.15, -0.1) is 11.3 Å². The Morgan fingerprint density at radius 2 is 2.50 bits per heavy atom. The molecule has 76 valence electrons. The number of thiophene rings is 1. The lowest BCUT2D eigenvalue weighted by Crippen LogP contribution is -2.29. The van der Waals surface area contributed by atoms with Gasteiger partial charge in [-0.1, -0.05) is 22.0 Å². The summed E-state index contributed by atoms with van der Waals surface area (Å²) in [5, 5.41) is 2.08. The monoisotopic (exact) mass is 273 g/mol. The minimum absolute atomic E-state index is 0.0610. The van der Waals surface area contributed by atoms with Crippen molar-refractivity contribution in [1.82, 2.24) is 4.90 Å². The maximum Gasteiger partial charge on any atom is 0.236 e. The molecular weight excluding hydrogens is 262 g/mol. The molecule has 0 saturated carbocycles. The quantitative estimate of drug-likeness (QED) is 0.774. The molecule has 2 rings (SSSR count). The highest BCUT2D eigenvalue weighted by molar-refractivity contribution is 9.10. The summed E-state index contributed by atoms with van der Waals surface area (Å²) in [5.74, 6) is 0.251. The van der Waals surface area contributed by atoms with Gasteiger partial charge in [0, 0.05) is 18.0 Å². The van der Waals surface area contributed by atoms with Crippen LogP contribution in [0.4, 0.5) is 0 Å². The first-order chi connectivity index (χ1) is 6.77. The summed E-state index contributed by atoms with van der Waals surface area (Å²) in [4.78, 5) is 14.9. The molecule has 2 heterocycles. The Hall–Kier alpha value is -0.350. The molecule has 1 saturated heterocycles. The van der Waals surface area contributed by atoms with Gasteiger partial charge in [-0.25, -0.2) is 0 Å². The number of hydrogen-bond donors (Lipinski definition) is 0. The lowest BCUT2D eigenvalue weighted by molar-refractivity contribution is -0.127. The number of alkyl halides is 1. The summed E-state index contributed by atoms with van der Waals surface area (Å²) in [6.07, 6.45) is 1.94. The van der Waals surface area contributed by atoms with Crippen LogP contribution in [0, 0.1) is 0 Å². The van der Waals surface area contributed by atoms with Crippen molar-refractivity contribution in [3.63, 3.8) is 0 Å². The zero-order valence-corrected chi connectivity index (χ0v) is 10.2. The molecule has 0 N–H and O–H groups in total. The number of likely N-dealkylation sites (tertiary alicyclic amines) is 1. The van der Waals surface area contributed by atoms with E-state index in [2.05, 4.69) is 33.4 Å². The molecule has 1 aromatic heterocycles. The van der Waals surface area contributed by atoms with E-state index in [-0.39, 0.29) is 10.7 Å². The lowest BCUT2D eigenvalue weighted by atomic mass is 10.3. The van der Waals surface area contributed by atoms with Crippen molar-refractivity contribution in [1.29, 1.82) is 0 Å². The van der Waals surface area contributed by atoms with E-state index in [1.165, 1.54) is 4.88 Å². The van der Waals surface area contributed by atoms with Crippen LogP contribution in [0.1, 0.15) is 11.3 Å². The van der Waals surface area contributed by atoms with E-state index < -0.39 is 0 Å². The fourth-order valence-electron chi connectivity index (χ4n) is 1.62. The van der Waals surface area contributed by atoms with Crippen LogP contribution < -0.4 is 0 Å². The molecule has 4 heteroatoms. The minimum atomic E-state index is 0.0610. The minimum Gasteiger partial charge on any atom is -0.341 e. The Labute approximate surface area is 96.0 Å². The molecular formula is C10H12BrNOS. The first-order valence-electron chi connectivity index (χ1n) is 4.72. The van der Waals surface area contributed by atoms with E-state index in [1.54, 1.807) is 11.3 Å². The number of amides is 1. The van der Waals surface area contributed by atoms with Crippen LogP contribution in [-0.2, 0) is 11.2 Å². The van der Waals surface area contributed by atoms with Gasteiger partial charge in [-0.2, -0.15) is 0 Å². The number of carbonyl (C=O) groups is 1. The molecule has 0 spiro atoms. The van der Waals surface area contributed by atoms with Crippen molar-refractivity contribution in [2.45, 2.75) is 17.7 Å². The second-order valence-electron chi connectivity index (χ2n) is 3.41. The van der Waals surface area contributed by atoms with E-state index >= 15 is 0 Å². The highest BCUT2D eigenvalue weighted by Gasteiger charge is 2.28. The van der Waals surface area contributed by atoms with Crippen LogP contribution in [0.25, 0.3) is 0 Å². The number of nitrogens with zero attached hydrogens (tertiary/aromatic N) is 1. The molecule has 1 aliphatic heterocycles. The number of halogens is 1. The molecule has 0 aliphatic carbocycles. The van der Waals surface area contributed by atoms with Crippen molar-refractivity contribution in [3.05, 3.63) is 22.4 Å². The Morgan fingerprint density at radius 3 is 3.07 bits per heavy atom. The number of hydrogen-bond acceptors (Lipinski definition) is 2. The first kappa shape index (κ1) is 10.2. The van der Waals surface area contributed by atoms with Crippen molar-refractivity contribution >= 4 is 33.2 Å². The Kier molecular flexibility index (Phi) is 3.23. The third kappa shape index (κ3) is 2.17. The van der Waals surface area contributed by atoms with E-state index in [9.17, 15) is 4.79 Å². The summed E-state index contributed by atoms with van der Waals surface area (Å²) >= 11 is 5.13. The Bertz CT molecular complexity index is 312. The average Bonchev–Trinajstić information content (AvgIpc) is 2.77. The molecule has 1 atom stereocenters. The predicted molar refractivity (Wildman–Crippen MR) is 61.9 cm³/mol. The average molecular weight is 274 g/mol. The summed E-state index contributed by atoms with van der Waals surface area (Å²) in [6.45, 7) is 1.77. The molecule has 2 nitrogen and oxygen atoms in total. The van der Waals surface area contributed by atoms with Gasteiger partial charge in [0.25, 0.3) is 0 Å². The van der Waals surface area contributed by atoms with Crippen LogP contribution in [0.3, 0.4) is 0 Å². The van der Waals surface area contributed by atoms with Gasteiger partial charge in [0.05, 0.1) is 4.83 Å². The number of rotatable bonds is 3. The fourth-order valence-corrected chi connectivity index (χ4v) is 2.82. The van der Waals surface area contributed by atoms with E-state index in [4.69, 9.17) is 0 Å². The normalized spacial score (nSPS) is 21.9. The van der Waals surface area contributed by atoms with Gasteiger partial charge in [0.15, 0.2) is 0 Å². The highest BCUT2D eigenvalue weighted by Crippen LogP contribution is 2.19. The summed E-state index contributed by atoms with van der Waals surface area (Å²) in [6, 6.07) is 4.18. The molecule has 1 fully saturated rings. The maximum absolute atomic E-state index is 11.5. The smallest absolute Gasteiger partial charge is 0.236 e. The zero-order valence-electron chi connectivity index (χ0n) is 7.78. The third-order valence-electron chi connectivity index (χ3n) is 2.44. The van der Waals surface area contributed by atoms with Crippen molar-refractivity contribution < 1.29 is 4.79 Å². The van der Waals surface area contributed by atoms with Crippen LogP contribution in [0.2, 0.25) is 0 Å². The SMILES string of the molecule is O=C1C(Br)CCN1CCc1cccs1. The lowest BCUT2D eigenvalue weighted by Gasteiger charge is -2.14. The molecule has 14 heavy (non-hydrogen) atoms. The van der Waals surface area contributed by atoms with Crippen molar-refractivity contribution in [2.75, 3.05) is 13.1 Å². The van der Waals surface area contributed by atoms with Crippen molar-refractivity contribution in [3.8, 4) is 0 Å². The topological polar surface area (TPSA) is 20.3 Å². The summed E-state index contributed by atoms with van der Waals surface area (Å²) in [5.41, 5.74) is 0. The van der Waals surface area contributed by atoms with Crippen LogP contribution >= 0.6 is 27.3 Å². The molecule has 1 aromatic rings. The van der Waals surface area contributed by atoms with Crippen LogP contribution in [0.5, 0.6) is 0 Å². The Morgan fingerprint density at radius 1 is 1.64 bits per heavy atom. The van der Waals surface area contributed by atoms with E-state index in [0.29, 0.717) is 0 Å². The fraction of sp³-hybridized carbons (Fsp3) is 0.500. The standard InChI is InChI=1S/C10H12BrNOS/c11-9-4-6-12(10(9)13)5-3-8-2-1-7-14-8/h1-2,7,9H,3-6H2. The zero-order chi connectivity index (χ0) is 9.97. The second kappa shape index (κ2) is 4.45. The van der Waals surface area contributed by atoms with Crippen LogP contribution in [-0.4, -0.2) is 28.7 Å². The van der Waals surface area contributed by atoms with Gasteiger partial charge in [-0.05, 0) is 24.3 Å². The van der Waals surface area contributed by atoms with Gasteiger partial charge in [0.2, 0.25) is 5.91 Å². The van der Waals surface area contributed by atoms with Gasteiger partial charge >= 0.3 is 0 Å². The maximum atomic E-state index is 11.5. The molecule has 1 aliphatic rings. The largest absolute Gasteiger partial charge is 0.341 e.